The van der Waals surface area contributed by atoms with Crippen LogP contribution in [0.15, 0.2) is 40.5 Å². The van der Waals surface area contributed by atoms with Gasteiger partial charge >= 0.3 is 0 Å². The summed E-state index contributed by atoms with van der Waals surface area (Å²) in [5.74, 6) is 0.355. The largest absolute Gasteiger partial charge is 0.336 e. The van der Waals surface area contributed by atoms with Gasteiger partial charge in [0.15, 0.2) is 0 Å². The van der Waals surface area contributed by atoms with Crippen LogP contribution in [-0.2, 0) is 7.05 Å². The Hall–Kier alpha value is -1.82. The first-order valence-corrected chi connectivity index (χ1v) is 6.74. The zero-order chi connectivity index (χ0) is 14.0. The molecule has 0 aliphatic rings. The first kappa shape index (κ1) is 13.6. The fraction of sp³-hybridized carbons (Fsp3) is 0.308. The minimum atomic E-state index is -0.383. The maximum atomic E-state index is 10.8. The average molecular weight is 277 g/mol. The maximum Gasteiger partial charge on any atom is 0.270 e. The molecule has 0 saturated carbocycles. The van der Waals surface area contributed by atoms with E-state index in [2.05, 4.69) is 18.8 Å². The van der Waals surface area contributed by atoms with Crippen molar-refractivity contribution in [2.75, 3.05) is 0 Å². The average Bonchev–Trinajstić information content (AvgIpc) is 2.70. The van der Waals surface area contributed by atoms with E-state index in [9.17, 15) is 10.1 Å². The highest BCUT2D eigenvalue weighted by Crippen LogP contribution is 2.33. The zero-order valence-corrected chi connectivity index (χ0v) is 11.8. The minimum Gasteiger partial charge on any atom is -0.336 e. The number of nitrogens with zero attached hydrogens (tertiary/aromatic N) is 3. The van der Waals surface area contributed by atoms with Crippen molar-refractivity contribution >= 4 is 17.4 Å². The van der Waals surface area contributed by atoms with Crippen molar-refractivity contribution in [3.63, 3.8) is 0 Å². The number of hydrogen-bond donors (Lipinski definition) is 0. The van der Waals surface area contributed by atoms with Crippen molar-refractivity contribution in [3.05, 3.63) is 46.4 Å². The van der Waals surface area contributed by atoms with Crippen molar-refractivity contribution in [3.8, 4) is 0 Å². The molecule has 2 aromatic rings. The van der Waals surface area contributed by atoms with Gasteiger partial charge in [0, 0.05) is 24.1 Å². The summed E-state index contributed by atoms with van der Waals surface area (Å²) < 4.78 is 1.99. The van der Waals surface area contributed by atoms with E-state index in [0.717, 1.165) is 15.6 Å². The molecule has 0 N–H and O–H groups in total. The molecule has 100 valence electrons. The standard InChI is InChI=1S/C13H15N3O2S/c1-9(2)12-13(14-8-15(12)3)19-11-6-4-5-10(7-11)16(17)18/h4-9H,1-3H3. The molecule has 0 radical (unpaired) electrons. The molecule has 2 rings (SSSR count). The summed E-state index contributed by atoms with van der Waals surface area (Å²) in [7, 11) is 1.96. The van der Waals surface area contributed by atoms with E-state index in [0.29, 0.717) is 5.92 Å². The van der Waals surface area contributed by atoms with Gasteiger partial charge in [0.1, 0.15) is 5.03 Å². The van der Waals surface area contributed by atoms with Crippen LogP contribution in [-0.4, -0.2) is 14.5 Å². The molecule has 0 fully saturated rings. The third kappa shape index (κ3) is 2.96. The lowest BCUT2D eigenvalue weighted by atomic mass is 10.1. The van der Waals surface area contributed by atoms with Gasteiger partial charge in [-0.2, -0.15) is 0 Å². The lowest BCUT2D eigenvalue weighted by Gasteiger charge is -2.08. The Bertz CT molecular complexity index is 608. The highest BCUT2D eigenvalue weighted by molar-refractivity contribution is 7.99. The van der Waals surface area contributed by atoms with Crippen molar-refractivity contribution in [1.82, 2.24) is 9.55 Å². The Morgan fingerprint density at radius 1 is 1.42 bits per heavy atom. The highest BCUT2D eigenvalue weighted by atomic mass is 32.2. The summed E-state index contributed by atoms with van der Waals surface area (Å²) in [5.41, 5.74) is 1.24. The minimum absolute atomic E-state index is 0.104. The smallest absolute Gasteiger partial charge is 0.270 e. The van der Waals surface area contributed by atoms with E-state index in [4.69, 9.17) is 0 Å². The summed E-state index contributed by atoms with van der Waals surface area (Å²) in [6.07, 6.45) is 1.77. The van der Waals surface area contributed by atoms with Crippen molar-refractivity contribution in [1.29, 1.82) is 0 Å². The molecule has 0 aliphatic carbocycles. The second-order valence-electron chi connectivity index (χ2n) is 4.56. The third-order valence-electron chi connectivity index (χ3n) is 2.74. The van der Waals surface area contributed by atoms with Crippen LogP contribution in [0.5, 0.6) is 0 Å². The van der Waals surface area contributed by atoms with Crippen LogP contribution < -0.4 is 0 Å². The fourth-order valence-corrected chi connectivity index (χ4v) is 3.06. The molecule has 1 aromatic heterocycles. The van der Waals surface area contributed by atoms with Gasteiger partial charge < -0.3 is 4.57 Å². The van der Waals surface area contributed by atoms with Gasteiger partial charge in [-0.3, -0.25) is 10.1 Å². The van der Waals surface area contributed by atoms with Crippen LogP contribution in [0.2, 0.25) is 0 Å². The first-order valence-electron chi connectivity index (χ1n) is 5.92. The molecule has 0 spiro atoms. The number of rotatable bonds is 4. The number of nitro benzene ring substituents is 1. The van der Waals surface area contributed by atoms with E-state index in [1.807, 2.05) is 17.7 Å². The van der Waals surface area contributed by atoms with E-state index in [-0.39, 0.29) is 10.6 Å². The van der Waals surface area contributed by atoms with Gasteiger partial charge in [-0.05, 0) is 12.0 Å². The Balaban J connectivity index is 2.31. The normalized spacial score (nSPS) is 10.9. The SMILES string of the molecule is CC(C)c1c(Sc2cccc([N+](=O)[O-])c2)ncn1C. The molecular weight excluding hydrogens is 262 g/mol. The molecule has 0 bridgehead atoms. The molecule has 5 nitrogen and oxygen atoms in total. The first-order chi connectivity index (χ1) is 8.99. The number of benzene rings is 1. The van der Waals surface area contributed by atoms with Crippen LogP contribution in [0.1, 0.15) is 25.5 Å². The lowest BCUT2D eigenvalue weighted by Crippen LogP contribution is -1.98. The van der Waals surface area contributed by atoms with Crippen molar-refractivity contribution in [2.24, 2.45) is 7.05 Å². The number of aromatic nitrogens is 2. The third-order valence-corrected chi connectivity index (χ3v) is 3.73. The van der Waals surface area contributed by atoms with Gasteiger partial charge in [0.2, 0.25) is 0 Å². The van der Waals surface area contributed by atoms with Gasteiger partial charge in [-0.15, -0.1) is 0 Å². The van der Waals surface area contributed by atoms with Crippen LogP contribution in [0.25, 0.3) is 0 Å². The summed E-state index contributed by atoms with van der Waals surface area (Å²) >= 11 is 1.46. The summed E-state index contributed by atoms with van der Waals surface area (Å²) in [6.45, 7) is 4.21. The molecule has 0 atom stereocenters. The number of nitro groups is 1. The van der Waals surface area contributed by atoms with Crippen molar-refractivity contribution in [2.45, 2.75) is 29.7 Å². The number of imidazole rings is 1. The van der Waals surface area contributed by atoms with E-state index in [1.165, 1.54) is 17.8 Å². The Labute approximate surface area is 115 Å². The molecule has 19 heavy (non-hydrogen) atoms. The topological polar surface area (TPSA) is 61.0 Å². The quantitative estimate of drug-likeness (QED) is 0.632. The molecule has 0 aliphatic heterocycles. The van der Waals surface area contributed by atoms with Gasteiger partial charge in [0.05, 0.1) is 16.9 Å². The van der Waals surface area contributed by atoms with Crippen LogP contribution in [0.4, 0.5) is 5.69 Å². The van der Waals surface area contributed by atoms with Crippen molar-refractivity contribution < 1.29 is 4.92 Å². The molecule has 0 unspecified atom stereocenters. The maximum absolute atomic E-state index is 10.8. The summed E-state index contributed by atoms with van der Waals surface area (Å²) in [6, 6.07) is 6.62. The van der Waals surface area contributed by atoms with Gasteiger partial charge in [-0.25, -0.2) is 4.98 Å². The highest BCUT2D eigenvalue weighted by Gasteiger charge is 2.15. The monoisotopic (exact) mass is 277 g/mol. The van der Waals surface area contributed by atoms with Gasteiger partial charge in [0.25, 0.3) is 5.69 Å². The molecule has 0 amide bonds. The second-order valence-corrected chi connectivity index (χ2v) is 5.62. The van der Waals surface area contributed by atoms with Crippen LogP contribution in [0.3, 0.4) is 0 Å². The Morgan fingerprint density at radius 2 is 2.16 bits per heavy atom. The summed E-state index contributed by atoms with van der Waals surface area (Å²) in [5, 5.41) is 11.7. The van der Waals surface area contributed by atoms with E-state index < -0.39 is 0 Å². The van der Waals surface area contributed by atoms with E-state index >= 15 is 0 Å². The second kappa shape index (κ2) is 5.44. The Morgan fingerprint density at radius 3 is 2.79 bits per heavy atom. The van der Waals surface area contributed by atoms with Crippen LogP contribution in [0, 0.1) is 10.1 Å². The lowest BCUT2D eigenvalue weighted by molar-refractivity contribution is -0.385. The number of non-ortho nitro benzene ring substituents is 1. The molecule has 1 aromatic carbocycles. The predicted molar refractivity (Wildman–Crippen MR) is 74.5 cm³/mol. The molecule has 6 heteroatoms. The number of hydrogen-bond acceptors (Lipinski definition) is 4. The van der Waals surface area contributed by atoms with Crippen LogP contribution >= 0.6 is 11.8 Å². The Kier molecular flexibility index (Phi) is 3.90. The fourth-order valence-electron chi connectivity index (χ4n) is 1.92. The molecular formula is C13H15N3O2S. The predicted octanol–water partition coefficient (Wildman–Crippen LogP) is 3.60. The zero-order valence-electron chi connectivity index (χ0n) is 11.0. The molecule has 1 heterocycles. The van der Waals surface area contributed by atoms with E-state index in [1.54, 1.807) is 18.5 Å². The summed E-state index contributed by atoms with van der Waals surface area (Å²) in [4.78, 5) is 15.6. The number of aryl methyl sites for hydroxylation is 1. The molecule has 0 saturated heterocycles. The van der Waals surface area contributed by atoms with Gasteiger partial charge in [-0.1, -0.05) is 31.7 Å².